The minimum absolute atomic E-state index is 0.263. The van der Waals surface area contributed by atoms with Crippen LogP contribution in [0.15, 0.2) is 47.6 Å². The van der Waals surface area contributed by atoms with Crippen molar-refractivity contribution in [2.24, 2.45) is 7.05 Å². The molecule has 146 valence electrons. The Balaban J connectivity index is 1.65. The molecular formula is C19H17Cl2FN4OS. The van der Waals surface area contributed by atoms with Gasteiger partial charge in [-0.05, 0) is 42.8 Å². The predicted octanol–water partition coefficient (Wildman–Crippen LogP) is 5.04. The van der Waals surface area contributed by atoms with Gasteiger partial charge >= 0.3 is 0 Å². The molecule has 5 nitrogen and oxygen atoms in total. The van der Waals surface area contributed by atoms with Gasteiger partial charge in [-0.2, -0.15) is 0 Å². The molecule has 0 bridgehead atoms. The van der Waals surface area contributed by atoms with Gasteiger partial charge in [0, 0.05) is 18.4 Å². The number of carbonyl (C=O) groups is 1. The van der Waals surface area contributed by atoms with Crippen molar-refractivity contribution in [1.82, 2.24) is 20.1 Å². The Bertz CT molecular complexity index is 994. The highest BCUT2D eigenvalue weighted by atomic mass is 35.5. The number of hydrogen-bond acceptors (Lipinski definition) is 4. The first-order valence-electron chi connectivity index (χ1n) is 8.37. The summed E-state index contributed by atoms with van der Waals surface area (Å²) in [6.45, 7) is 1.83. The molecule has 0 unspecified atom stereocenters. The van der Waals surface area contributed by atoms with Gasteiger partial charge in [0.05, 0.1) is 16.1 Å². The Morgan fingerprint density at radius 2 is 1.89 bits per heavy atom. The highest BCUT2D eigenvalue weighted by Gasteiger charge is 2.19. The Morgan fingerprint density at radius 1 is 1.18 bits per heavy atom. The van der Waals surface area contributed by atoms with Crippen LogP contribution in [0.4, 0.5) is 4.39 Å². The lowest BCUT2D eigenvalue weighted by Crippen LogP contribution is -2.28. The van der Waals surface area contributed by atoms with E-state index in [1.165, 1.54) is 30.0 Å². The molecule has 1 N–H and O–H groups in total. The minimum Gasteiger partial charge on any atom is -0.342 e. The van der Waals surface area contributed by atoms with Crippen molar-refractivity contribution in [3.63, 3.8) is 0 Å². The summed E-state index contributed by atoms with van der Waals surface area (Å²) in [7, 11) is 1.84. The van der Waals surface area contributed by atoms with Gasteiger partial charge in [-0.1, -0.05) is 47.1 Å². The summed E-state index contributed by atoms with van der Waals surface area (Å²) in [6.07, 6.45) is 0. The van der Waals surface area contributed by atoms with E-state index in [0.29, 0.717) is 32.3 Å². The zero-order valence-electron chi connectivity index (χ0n) is 15.1. The molecule has 0 aliphatic carbocycles. The highest BCUT2D eigenvalue weighted by Crippen LogP contribution is 2.25. The van der Waals surface area contributed by atoms with Crippen LogP contribution in [0.5, 0.6) is 0 Å². The average molecular weight is 439 g/mol. The number of aromatic nitrogens is 3. The molecule has 3 rings (SSSR count). The van der Waals surface area contributed by atoms with Gasteiger partial charge in [-0.15, -0.1) is 10.2 Å². The molecule has 1 atom stereocenters. The lowest BCUT2D eigenvalue weighted by atomic mass is 10.2. The lowest BCUT2D eigenvalue weighted by Gasteiger charge is -2.14. The Morgan fingerprint density at radius 3 is 2.57 bits per heavy atom. The quantitative estimate of drug-likeness (QED) is 0.547. The Hall–Kier alpha value is -2.09. The van der Waals surface area contributed by atoms with E-state index < -0.39 is 0 Å². The van der Waals surface area contributed by atoms with Crippen LogP contribution in [0.2, 0.25) is 10.0 Å². The van der Waals surface area contributed by atoms with Gasteiger partial charge in [0.2, 0.25) is 0 Å². The smallest absolute Gasteiger partial charge is 0.251 e. The fourth-order valence-corrected chi connectivity index (χ4v) is 3.71. The summed E-state index contributed by atoms with van der Waals surface area (Å²) in [5, 5.41) is 12.7. The molecular weight excluding hydrogens is 422 g/mol. The number of hydrogen-bond donors (Lipinski definition) is 1. The van der Waals surface area contributed by atoms with Crippen LogP contribution in [-0.4, -0.2) is 20.7 Å². The molecule has 9 heteroatoms. The number of nitrogens with zero attached hydrogens (tertiary/aromatic N) is 3. The van der Waals surface area contributed by atoms with Gasteiger partial charge in [-0.3, -0.25) is 4.79 Å². The molecule has 0 aliphatic rings. The summed E-state index contributed by atoms with van der Waals surface area (Å²) < 4.78 is 14.8. The Kier molecular flexibility index (Phi) is 6.59. The molecule has 0 saturated heterocycles. The number of thioether (sulfide) groups is 1. The highest BCUT2D eigenvalue weighted by molar-refractivity contribution is 7.98. The fourth-order valence-electron chi connectivity index (χ4n) is 2.54. The number of rotatable bonds is 6. The molecule has 1 aromatic heterocycles. The maximum absolute atomic E-state index is 13.0. The first-order chi connectivity index (χ1) is 13.3. The van der Waals surface area contributed by atoms with Gasteiger partial charge in [0.15, 0.2) is 11.0 Å². The van der Waals surface area contributed by atoms with E-state index in [1.807, 2.05) is 18.5 Å². The molecule has 28 heavy (non-hydrogen) atoms. The molecule has 0 spiro atoms. The van der Waals surface area contributed by atoms with E-state index in [4.69, 9.17) is 23.2 Å². The van der Waals surface area contributed by atoms with Crippen molar-refractivity contribution in [2.45, 2.75) is 23.9 Å². The maximum atomic E-state index is 13.0. The van der Waals surface area contributed by atoms with Crippen molar-refractivity contribution in [3.05, 3.63) is 75.3 Å². The van der Waals surface area contributed by atoms with E-state index in [1.54, 1.807) is 24.3 Å². The molecule has 0 radical (unpaired) electrons. The Labute approximate surface area is 176 Å². The summed E-state index contributed by atoms with van der Waals surface area (Å²) in [6, 6.07) is 10.7. The van der Waals surface area contributed by atoms with Gasteiger partial charge in [0.25, 0.3) is 5.91 Å². The van der Waals surface area contributed by atoms with Gasteiger partial charge in [0.1, 0.15) is 5.82 Å². The van der Waals surface area contributed by atoms with Crippen molar-refractivity contribution in [1.29, 1.82) is 0 Å². The maximum Gasteiger partial charge on any atom is 0.251 e. The second-order valence-electron chi connectivity index (χ2n) is 6.14. The van der Waals surface area contributed by atoms with Crippen molar-refractivity contribution >= 4 is 40.9 Å². The second kappa shape index (κ2) is 8.94. The molecule has 3 aromatic rings. The van der Waals surface area contributed by atoms with Crippen molar-refractivity contribution in [2.75, 3.05) is 0 Å². The van der Waals surface area contributed by atoms with E-state index in [2.05, 4.69) is 15.5 Å². The summed E-state index contributed by atoms with van der Waals surface area (Å²) in [5.41, 5.74) is 1.39. The van der Waals surface area contributed by atoms with Gasteiger partial charge in [-0.25, -0.2) is 4.39 Å². The zero-order chi connectivity index (χ0) is 20.3. The summed E-state index contributed by atoms with van der Waals surface area (Å²) >= 11 is 13.3. The summed E-state index contributed by atoms with van der Waals surface area (Å²) in [5.74, 6) is 0.710. The zero-order valence-corrected chi connectivity index (χ0v) is 17.4. The van der Waals surface area contributed by atoms with Crippen LogP contribution < -0.4 is 5.32 Å². The minimum atomic E-state index is -0.361. The van der Waals surface area contributed by atoms with Crippen LogP contribution in [0.25, 0.3) is 0 Å². The van der Waals surface area contributed by atoms with Crippen LogP contribution in [-0.2, 0) is 12.8 Å². The normalized spacial score (nSPS) is 12.0. The predicted molar refractivity (Wildman–Crippen MR) is 109 cm³/mol. The second-order valence-corrected chi connectivity index (χ2v) is 7.90. The number of halogens is 3. The lowest BCUT2D eigenvalue weighted by molar-refractivity contribution is 0.0937. The molecule has 0 aliphatic heterocycles. The van der Waals surface area contributed by atoms with E-state index in [9.17, 15) is 9.18 Å². The molecule has 1 amide bonds. The number of benzene rings is 2. The third-order valence-corrected chi connectivity index (χ3v) is 5.90. The summed E-state index contributed by atoms with van der Waals surface area (Å²) in [4.78, 5) is 12.4. The molecule has 1 heterocycles. The largest absolute Gasteiger partial charge is 0.342 e. The van der Waals surface area contributed by atoms with E-state index in [0.717, 1.165) is 5.56 Å². The van der Waals surface area contributed by atoms with Crippen molar-refractivity contribution in [3.8, 4) is 0 Å². The van der Waals surface area contributed by atoms with Crippen LogP contribution >= 0.6 is 35.0 Å². The topological polar surface area (TPSA) is 59.8 Å². The number of amides is 1. The first kappa shape index (κ1) is 20.6. The van der Waals surface area contributed by atoms with Crippen molar-refractivity contribution < 1.29 is 9.18 Å². The van der Waals surface area contributed by atoms with Gasteiger partial charge < -0.3 is 9.88 Å². The van der Waals surface area contributed by atoms with Crippen LogP contribution in [0, 0.1) is 5.82 Å². The van der Waals surface area contributed by atoms with E-state index >= 15 is 0 Å². The number of nitrogens with one attached hydrogen (secondary N) is 1. The average Bonchev–Trinajstić information content (AvgIpc) is 3.04. The first-order valence-corrected chi connectivity index (χ1v) is 10.1. The van der Waals surface area contributed by atoms with Crippen LogP contribution in [0.1, 0.15) is 34.7 Å². The SMILES string of the molecule is C[C@H](NC(=O)c1ccc(Cl)c(Cl)c1)c1nnc(SCc2ccc(F)cc2)n1C. The van der Waals surface area contributed by atoms with E-state index in [-0.39, 0.29) is 17.8 Å². The third-order valence-electron chi connectivity index (χ3n) is 4.07. The third kappa shape index (κ3) is 4.84. The molecule has 2 aromatic carbocycles. The molecule has 0 saturated carbocycles. The molecule has 0 fully saturated rings. The monoisotopic (exact) mass is 438 g/mol. The van der Waals surface area contributed by atoms with Crippen LogP contribution in [0.3, 0.4) is 0 Å². The standard InChI is InChI=1S/C19H17Cl2FN4OS/c1-11(23-18(27)13-5-8-15(20)16(21)9-13)17-24-25-19(26(17)2)28-10-12-3-6-14(22)7-4-12/h3-9,11H,10H2,1-2H3,(H,23,27)/t11-/m0/s1. The fraction of sp³-hybridized carbons (Fsp3) is 0.211. The number of carbonyl (C=O) groups excluding carboxylic acids is 1.